The van der Waals surface area contributed by atoms with Gasteiger partial charge >= 0.3 is 5.63 Å². The molecule has 3 rings (SSSR count). The molecular weight excluding hydrogens is 314 g/mol. The maximum absolute atomic E-state index is 12.7. The minimum absolute atomic E-state index is 0.0309. The van der Waals surface area contributed by atoms with Crippen molar-refractivity contribution in [1.29, 1.82) is 0 Å². The standard InChI is InChI=1S/C21H21NO3/c1-14(2)12-18(15-8-4-3-5-9-15)22-20(23)17-13-16-10-6-7-11-19(16)25-21(17)24/h3-11,13-14,18H,12H2,1-2H3,(H,22,23). The zero-order chi connectivity index (χ0) is 17.8. The number of para-hydroxylation sites is 1. The molecule has 0 fully saturated rings. The molecule has 0 aliphatic carbocycles. The van der Waals surface area contributed by atoms with Gasteiger partial charge in [0.05, 0.1) is 6.04 Å². The van der Waals surface area contributed by atoms with E-state index in [4.69, 9.17) is 4.42 Å². The lowest BCUT2D eigenvalue weighted by Crippen LogP contribution is -2.32. The van der Waals surface area contributed by atoms with Crippen molar-refractivity contribution in [1.82, 2.24) is 5.32 Å². The Morgan fingerprint density at radius 3 is 2.44 bits per heavy atom. The molecular formula is C21H21NO3. The number of benzene rings is 2. The number of rotatable bonds is 5. The van der Waals surface area contributed by atoms with Crippen molar-refractivity contribution >= 4 is 16.9 Å². The first-order valence-corrected chi connectivity index (χ1v) is 8.43. The minimum Gasteiger partial charge on any atom is -0.422 e. The van der Waals surface area contributed by atoms with E-state index in [1.54, 1.807) is 18.2 Å². The maximum atomic E-state index is 12.7. The Labute approximate surface area is 146 Å². The summed E-state index contributed by atoms with van der Waals surface area (Å²) in [7, 11) is 0. The summed E-state index contributed by atoms with van der Waals surface area (Å²) in [5.41, 5.74) is 0.913. The van der Waals surface area contributed by atoms with Gasteiger partial charge in [-0.25, -0.2) is 4.79 Å². The quantitative estimate of drug-likeness (QED) is 0.707. The highest BCUT2D eigenvalue weighted by Crippen LogP contribution is 2.22. The van der Waals surface area contributed by atoms with Gasteiger partial charge in [-0.05, 0) is 30.0 Å². The fraction of sp³-hybridized carbons (Fsp3) is 0.238. The maximum Gasteiger partial charge on any atom is 0.349 e. The number of carbonyl (C=O) groups is 1. The van der Waals surface area contributed by atoms with Crippen molar-refractivity contribution < 1.29 is 9.21 Å². The van der Waals surface area contributed by atoms with E-state index in [0.717, 1.165) is 17.4 Å². The third-order valence-electron chi connectivity index (χ3n) is 4.10. The van der Waals surface area contributed by atoms with Crippen LogP contribution >= 0.6 is 0 Å². The third kappa shape index (κ3) is 3.97. The summed E-state index contributed by atoms with van der Waals surface area (Å²) in [6.07, 6.45) is 0.786. The van der Waals surface area contributed by atoms with Crippen LogP contribution in [0.5, 0.6) is 0 Å². The SMILES string of the molecule is CC(C)CC(NC(=O)c1cc2ccccc2oc1=O)c1ccccc1. The number of amides is 1. The van der Waals surface area contributed by atoms with Crippen molar-refractivity contribution in [2.24, 2.45) is 5.92 Å². The zero-order valence-corrected chi connectivity index (χ0v) is 14.4. The number of hydrogen-bond acceptors (Lipinski definition) is 3. The summed E-state index contributed by atoms with van der Waals surface area (Å²) in [6, 6.07) is 18.4. The second-order valence-corrected chi connectivity index (χ2v) is 6.55. The number of hydrogen-bond donors (Lipinski definition) is 1. The molecule has 4 nitrogen and oxygen atoms in total. The molecule has 3 aromatic rings. The Balaban J connectivity index is 1.91. The first-order valence-electron chi connectivity index (χ1n) is 8.43. The van der Waals surface area contributed by atoms with Crippen LogP contribution in [0.25, 0.3) is 11.0 Å². The van der Waals surface area contributed by atoms with E-state index < -0.39 is 11.5 Å². The monoisotopic (exact) mass is 335 g/mol. The molecule has 0 saturated carbocycles. The Hall–Kier alpha value is -2.88. The van der Waals surface area contributed by atoms with Gasteiger partial charge in [0.2, 0.25) is 0 Å². The van der Waals surface area contributed by atoms with Crippen molar-refractivity contribution in [3.8, 4) is 0 Å². The van der Waals surface area contributed by atoms with Crippen LogP contribution in [0.1, 0.15) is 42.2 Å². The lowest BCUT2D eigenvalue weighted by atomic mass is 9.96. The van der Waals surface area contributed by atoms with Crippen molar-refractivity contribution in [3.05, 3.63) is 82.2 Å². The van der Waals surface area contributed by atoms with Crippen molar-refractivity contribution in [3.63, 3.8) is 0 Å². The lowest BCUT2D eigenvalue weighted by molar-refractivity contribution is 0.0928. The first kappa shape index (κ1) is 17.0. The van der Waals surface area contributed by atoms with E-state index in [0.29, 0.717) is 11.5 Å². The summed E-state index contributed by atoms with van der Waals surface area (Å²) in [4.78, 5) is 24.9. The average molecular weight is 335 g/mol. The molecule has 1 N–H and O–H groups in total. The van der Waals surface area contributed by atoms with E-state index in [2.05, 4.69) is 19.2 Å². The molecule has 128 valence electrons. The van der Waals surface area contributed by atoms with E-state index >= 15 is 0 Å². The van der Waals surface area contributed by atoms with E-state index in [-0.39, 0.29) is 11.6 Å². The highest BCUT2D eigenvalue weighted by molar-refractivity contribution is 5.96. The van der Waals surface area contributed by atoms with Crippen molar-refractivity contribution in [2.45, 2.75) is 26.3 Å². The third-order valence-corrected chi connectivity index (χ3v) is 4.10. The highest BCUT2D eigenvalue weighted by atomic mass is 16.4. The van der Waals surface area contributed by atoms with Crippen LogP contribution < -0.4 is 10.9 Å². The molecule has 25 heavy (non-hydrogen) atoms. The van der Waals surface area contributed by atoms with Crippen LogP contribution in [-0.2, 0) is 0 Å². The zero-order valence-electron chi connectivity index (χ0n) is 14.4. The number of carbonyl (C=O) groups excluding carboxylic acids is 1. The Morgan fingerprint density at radius 1 is 1.04 bits per heavy atom. The molecule has 1 heterocycles. The van der Waals surface area contributed by atoms with E-state index in [1.807, 2.05) is 42.5 Å². The molecule has 4 heteroatoms. The molecule has 0 aliphatic heterocycles. The molecule has 0 saturated heterocycles. The number of nitrogens with one attached hydrogen (secondary N) is 1. The summed E-state index contributed by atoms with van der Waals surface area (Å²) >= 11 is 0. The van der Waals surface area contributed by atoms with Gasteiger partial charge in [-0.1, -0.05) is 62.4 Å². The molecule has 1 aromatic heterocycles. The molecule has 1 atom stereocenters. The van der Waals surface area contributed by atoms with Gasteiger partial charge < -0.3 is 9.73 Å². The van der Waals surface area contributed by atoms with Crippen LogP contribution in [0.2, 0.25) is 0 Å². The van der Waals surface area contributed by atoms with Gasteiger partial charge in [0, 0.05) is 5.39 Å². The number of fused-ring (bicyclic) bond motifs is 1. The molecule has 0 spiro atoms. The van der Waals surface area contributed by atoms with E-state index in [1.165, 1.54) is 0 Å². The predicted molar refractivity (Wildman–Crippen MR) is 98.6 cm³/mol. The fourth-order valence-corrected chi connectivity index (χ4v) is 2.89. The van der Waals surface area contributed by atoms with Crippen molar-refractivity contribution in [2.75, 3.05) is 0 Å². The molecule has 0 bridgehead atoms. The normalized spacial score (nSPS) is 12.3. The first-order chi connectivity index (χ1) is 12.0. The average Bonchev–Trinajstić information content (AvgIpc) is 2.61. The van der Waals surface area contributed by atoms with Crippen LogP contribution in [0.4, 0.5) is 0 Å². The minimum atomic E-state index is -0.618. The summed E-state index contributed by atoms with van der Waals surface area (Å²) in [5.74, 6) is -0.00692. The lowest BCUT2D eigenvalue weighted by Gasteiger charge is -2.21. The molecule has 1 amide bonds. The summed E-state index contributed by atoms with van der Waals surface area (Å²) in [5, 5.41) is 3.72. The van der Waals surface area contributed by atoms with Gasteiger partial charge in [-0.2, -0.15) is 0 Å². The molecule has 0 aliphatic rings. The topological polar surface area (TPSA) is 59.3 Å². The fourth-order valence-electron chi connectivity index (χ4n) is 2.89. The summed E-state index contributed by atoms with van der Waals surface area (Å²) in [6.45, 7) is 4.21. The molecule has 1 unspecified atom stereocenters. The van der Waals surface area contributed by atoms with Crippen LogP contribution in [0, 0.1) is 5.92 Å². The Bertz CT molecular complexity index is 929. The second kappa shape index (κ2) is 7.34. The smallest absolute Gasteiger partial charge is 0.349 e. The van der Waals surface area contributed by atoms with Gasteiger partial charge in [-0.3, -0.25) is 4.79 Å². The van der Waals surface area contributed by atoms with Gasteiger partial charge in [0.25, 0.3) is 5.91 Å². The predicted octanol–water partition coefficient (Wildman–Crippen LogP) is 4.31. The molecule has 2 aromatic carbocycles. The Morgan fingerprint density at radius 2 is 1.72 bits per heavy atom. The largest absolute Gasteiger partial charge is 0.422 e. The van der Waals surface area contributed by atoms with Gasteiger partial charge in [0.1, 0.15) is 11.1 Å². The van der Waals surface area contributed by atoms with Crippen LogP contribution in [0.3, 0.4) is 0 Å². The van der Waals surface area contributed by atoms with Gasteiger partial charge in [0.15, 0.2) is 0 Å². The highest BCUT2D eigenvalue weighted by Gasteiger charge is 2.20. The molecule has 0 radical (unpaired) electrons. The van der Waals surface area contributed by atoms with Crippen LogP contribution in [-0.4, -0.2) is 5.91 Å². The van der Waals surface area contributed by atoms with Gasteiger partial charge in [-0.15, -0.1) is 0 Å². The van der Waals surface area contributed by atoms with E-state index in [9.17, 15) is 9.59 Å². The summed E-state index contributed by atoms with van der Waals surface area (Å²) < 4.78 is 5.27. The Kier molecular flexibility index (Phi) is 4.98. The second-order valence-electron chi connectivity index (χ2n) is 6.55. The van der Waals surface area contributed by atoms with Crippen LogP contribution in [0.15, 0.2) is 69.9 Å².